The van der Waals surface area contributed by atoms with Gasteiger partial charge in [0.15, 0.2) is 0 Å². The molecule has 0 bridgehead atoms. The Kier molecular flexibility index (Phi) is 8.95. The van der Waals surface area contributed by atoms with Crippen molar-refractivity contribution in [3.8, 4) is 5.75 Å². The summed E-state index contributed by atoms with van der Waals surface area (Å²) in [6.45, 7) is 12.3. The number of amides is 2. The largest absolute Gasteiger partial charge is 0.491 e. The Balaban J connectivity index is 1.73. The molecule has 0 radical (unpaired) electrons. The van der Waals surface area contributed by atoms with Gasteiger partial charge in [-0.05, 0) is 59.4 Å². The third kappa shape index (κ3) is 6.59. The summed E-state index contributed by atoms with van der Waals surface area (Å²) in [5.74, 6) is 1.81. The maximum absolute atomic E-state index is 13.4. The van der Waals surface area contributed by atoms with Gasteiger partial charge in [0.2, 0.25) is 11.8 Å². The van der Waals surface area contributed by atoms with Crippen LogP contribution < -0.4 is 4.74 Å². The molecular weight excluding hydrogens is 432 g/mol. The summed E-state index contributed by atoms with van der Waals surface area (Å²) in [7, 11) is 0. The third-order valence-electron chi connectivity index (χ3n) is 6.33. The van der Waals surface area contributed by atoms with E-state index in [4.69, 9.17) is 4.74 Å². The molecule has 33 heavy (non-hydrogen) atoms. The van der Waals surface area contributed by atoms with Crippen molar-refractivity contribution >= 4 is 23.2 Å². The van der Waals surface area contributed by atoms with Crippen molar-refractivity contribution in [2.24, 2.45) is 5.92 Å². The zero-order valence-electron chi connectivity index (χ0n) is 20.7. The van der Waals surface area contributed by atoms with Crippen LogP contribution in [0.2, 0.25) is 0 Å². The number of fused-ring (bicyclic) bond motifs is 1. The lowest BCUT2D eigenvalue weighted by Gasteiger charge is -2.37. The highest BCUT2D eigenvalue weighted by molar-refractivity contribution is 7.10. The van der Waals surface area contributed by atoms with Crippen molar-refractivity contribution in [1.29, 1.82) is 0 Å². The molecule has 1 aliphatic rings. The number of carbonyl (C=O) groups is 2. The molecule has 2 amide bonds. The van der Waals surface area contributed by atoms with Gasteiger partial charge in [0.05, 0.1) is 12.6 Å². The van der Waals surface area contributed by atoms with Gasteiger partial charge in [-0.15, -0.1) is 11.3 Å². The van der Waals surface area contributed by atoms with Gasteiger partial charge >= 0.3 is 0 Å². The number of hydrogen-bond donors (Lipinski definition) is 0. The first-order valence-corrected chi connectivity index (χ1v) is 13.0. The average Bonchev–Trinajstić information content (AvgIpc) is 3.28. The Labute approximate surface area is 202 Å². The number of carbonyl (C=O) groups excluding carboxylic acids is 2. The minimum absolute atomic E-state index is 0.00108. The van der Waals surface area contributed by atoms with Crippen LogP contribution in [-0.4, -0.2) is 47.9 Å². The Morgan fingerprint density at radius 2 is 1.88 bits per heavy atom. The van der Waals surface area contributed by atoms with E-state index >= 15 is 0 Å². The topological polar surface area (TPSA) is 49.9 Å². The van der Waals surface area contributed by atoms with Crippen LogP contribution in [0.1, 0.15) is 75.4 Å². The van der Waals surface area contributed by atoms with Crippen LogP contribution in [0.25, 0.3) is 0 Å². The molecule has 0 unspecified atom stereocenters. The molecule has 1 aromatic carbocycles. The second-order valence-electron chi connectivity index (χ2n) is 9.54. The Morgan fingerprint density at radius 1 is 1.15 bits per heavy atom. The molecule has 180 valence electrons. The fourth-order valence-corrected chi connectivity index (χ4v) is 5.11. The normalized spacial score (nSPS) is 15.6. The summed E-state index contributed by atoms with van der Waals surface area (Å²) in [6, 6.07) is 10.2. The van der Waals surface area contributed by atoms with Crippen molar-refractivity contribution < 1.29 is 14.3 Å². The van der Waals surface area contributed by atoms with E-state index in [2.05, 4.69) is 51.3 Å². The van der Waals surface area contributed by atoms with Crippen molar-refractivity contribution in [1.82, 2.24) is 9.80 Å². The van der Waals surface area contributed by atoms with Gasteiger partial charge in [0.25, 0.3) is 0 Å². The van der Waals surface area contributed by atoms with E-state index in [0.717, 1.165) is 18.6 Å². The molecule has 1 aromatic heterocycles. The first kappa shape index (κ1) is 25.3. The molecule has 6 heteroatoms. The van der Waals surface area contributed by atoms with Gasteiger partial charge in [0, 0.05) is 24.4 Å². The minimum Gasteiger partial charge on any atom is -0.491 e. The van der Waals surface area contributed by atoms with E-state index in [1.165, 1.54) is 16.0 Å². The molecule has 0 saturated heterocycles. The van der Waals surface area contributed by atoms with E-state index in [-0.39, 0.29) is 24.4 Å². The zero-order valence-corrected chi connectivity index (χ0v) is 21.5. The Hall–Kier alpha value is -2.34. The molecule has 0 spiro atoms. The van der Waals surface area contributed by atoms with Crippen LogP contribution in [0.15, 0.2) is 35.7 Å². The Morgan fingerprint density at radius 3 is 2.52 bits per heavy atom. The maximum atomic E-state index is 13.4. The number of thiophene rings is 1. The third-order valence-corrected chi connectivity index (χ3v) is 7.32. The van der Waals surface area contributed by atoms with Crippen LogP contribution >= 0.6 is 11.3 Å². The maximum Gasteiger partial charge on any atom is 0.242 e. The van der Waals surface area contributed by atoms with Gasteiger partial charge in [-0.1, -0.05) is 46.8 Å². The van der Waals surface area contributed by atoms with Crippen molar-refractivity contribution in [3.05, 3.63) is 51.7 Å². The van der Waals surface area contributed by atoms with Crippen LogP contribution in [0.3, 0.4) is 0 Å². The fourth-order valence-electron chi connectivity index (χ4n) is 4.18. The molecule has 2 heterocycles. The summed E-state index contributed by atoms with van der Waals surface area (Å²) in [5.41, 5.74) is 2.45. The van der Waals surface area contributed by atoms with E-state index in [0.29, 0.717) is 38.0 Å². The van der Waals surface area contributed by atoms with Gasteiger partial charge in [-0.3, -0.25) is 9.59 Å². The van der Waals surface area contributed by atoms with E-state index in [1.54, 1.807) is 16.2 Å². The second-order valence-corrected chi connectivity index (χ2v) is 10.5. The van der Waals surface area contributed by atoms with Crippen molar-refractivity contribution in [2.75, 3.05) is 26.2 Å². The smallest absolute Gasteiger partial charge is 0.242 e. The summed E-state index contributed by atoms with van der Waals surface area (Å²) >= 11 is 1.75. The molecule has 1 atom stereocenters. The predicted molar refractivity (Wildman–Crippen MR) is 135 cm³/mol. The van der Waals surface area contributed by atoms with Gasteiger partial charge in [-0.25, -0.2) is 0 Å². The summed E-state index contributed by atoms with van der Waals surface area (Å²) < 4.78 is 6.17. The fraction of sp³-hybridized carbons (Fsp3) is 0.556. The Bertz CT molecular complexity index is 920. The summed E-state index contributed by atoms with van der Waals surface area (Å²) in [4.78, 5) is 30.9. The first-order valence-electron chi connectivity index (χ1n) is 12.2. The van der Waals surface area contributed by atoms with E-state index < -0.39 is 0 Å². The highest BCUT2D eigenvalue weighted by Crippen LogP contribution is 2.34. The molecule has 2 aromatic rings. The second kappa shape index (κ2) is 11.7. The molecule has 3 rings (SSSR count). The molecule has 0 fully saturated rings. The van der Waals surface area contributed by atoms with Crippen LogP contribution in [0.4, 0.5) is 0 Å². The lowest BCUT2D eigenvalue weighted by molar-refractivity contribution is -0.142. The number of nitrogens with zero attached hydrogens (tertiary/aromatic N) is 2. The lowest BCUT2D eigenvalue weighted by Crippen LogP contribution is -2.48. The minimum atomic E-state index is -0.138. The lowest BCUT2D eigenvalue weighted by atomic mass is 10.00. The molecular formula is C27H38N2O3S. The van der Waals surface area contributed by atoms with Crippen LogP contribution in [0, 0.1) is 5.92 Å². The highest BCUT2D eigenvalue weighted by Gasteiger charge is 2.33. The molecule has 0 saturated carbocycles. The van der Waals surface area contributed by atoms with E-state index in [9.17, 15) is 9.59 Å². The average molecular weight is 471 g/mol. The monoisotopic (exact) mass is 470 g/mol. The molecule has 1 aliphatic heterocycles. The van der Waals surface area contributed by atoms with Crippen molar-refractivity contribution in [2.45, 2.75) is 65.8 Å². The van der Waals surface area contributed by atoms with Crippen LogP contribution in [0.5, 0.6) is 5.75 Å². The standard InChI is InChI=1S/C27H38N2O3S/c1-6-26(30)28(14-11-19(2)3)17-27(31)29-15-12-25-23(13-16-33-25)24(29)18-32-22-9-7-21(8-10-22)20(4)5/h7-10,13,16,19-20,24H,6,11-12,14-15,17-18H2,1-5H3/t24-/m1/s1. The van der Waals surface area contributed by atoms with E-state index in [1.807, 2.05) is 24.0 Å². The van der Waals surface area contributed by atoms with Gasteiger partial charge < -0.3 is 14.5 Å². The van der Waals surface area contributed by atoms with Gasteiger partial charge in [0.1, 0.15) is 12.4 Å². The summed E-state index contributed by atoms with van der Waals surface area (Å²) in [5, 5.41) is 2.10. The number of hydrogen-bond acceptors (Lipinski definition) is 4. The zero-order chi connectivity index (χ0) is 24.0. The quantitative estimate of drug-likeness (QED) is 0.450. The first-order chi connectivity index (χ1) is 15.8. The number of ether oxygens (including phenoxy) is 1. The van der Waals surface area contributed by atoms with Gasteiger partial charge in [-0.2, -0.15) is 0 Å². The SMILES string of the molecule is CCC(=O)N(CCC(C)C)CC(=O)N1CCc2sccc2[C@H]1COc1ccc(C(C)C)cc1. The molecule has 0 aliphatic carbocycles. The van der Waals surface area contributed by atoms with Crippen molar-refractivity contribution in [3.63, 3.8) is 0 Å². The number of rotatable bonds is 10. The molecule has 0 N–H and O–H groups in total. The predicted octanol–water partition coefficient (Wildman–Crippen LogP) is 5.66. The van der Waals surface area contributed by atoms with Crippen LogP contribution in [-0.2, 0) is 16.0 Å². The molecule has 5 nitrogen and oxygen atoms in total. The highest BCUT2D eigenvalue weighted by atomic mass is 32.1. The number of benzene rings is 1. The summed E-state index contributed by atoms with van der Waals surface area (Å²) in [6.07, 6.45) is 2.16.